The lowest BCUT2D eigenvalue weighted by molar-refractivity contribution is -0.0545. The molecule has 0 radical (unpaired) electrons. The van der Waals surface area contributed by atoms with Gasteiger partial charge >= 0.3 is 0 Å². The van der Waals surface area contributed by atoms with Gasteiger partial charge in [0.05, 0.1) is 0 Å². The SMILES string of the molecule is Cc1ncc(CN2CCC(C)C(F)(F)CC2)c2ccccc12. The summed E-state index contributed by atoms with van der Waals surface area (Å²) in [6.45, 7) is 5.52. The average Bonchev–Trinajstić information content (AvgIpc) is 2.63. The van der Waals surface area contributed by atoms with Crippen LogP contribution in [0.5, 0.6) is 0 Å². The van der Waals surface area contributed by atoms with Gasteiger partial charge in [0.1, 0.15) is 0 Å². The third-order valence-corrected chi connectivity index (χ3v) is 4.83. The number of pyridine rings is 1. The van der Waals surface area contributed by atoms with E-state index in [1.165, 1.54) is 5.39 Å². The summed E-state index contributed by atoms with van der Waals surface area (Å²) < 4.78 is 27.7. The normalized spacial score (nSPS) is 22.6. The second-order valence-corrected chi connectivity index (χ2v) is 6.39. The van der Waals surface area contributed by atoms with Crippen LogP contribution in [-0.2, 0) is 6.54 Å². The first-order valence-electron chi connectivity index (χ1n) is 7.91. The molecule has 1 atom stereocenters. The Kier molecular flexibility index (Phi) is 4.13. The summed E-state index contributed by atoms with van der Waals surface area (Å²) in [5, 5.41) is 2.33. The van der Waals surface area contributed by atoms with Gasteiger partial charge in [-0.05, 0) is 30.8 Å². The molecular formula is C18H22F2N2. The molecule has 4 heteroatoms. The van der Waals surface area contributed by atoms with Gasteiger partial charge in [0.15, 0.2) is 0 Å². The number of hydrogen-bond donors (Lipinski definition) is 0. The zero-order valence-electron chi connectivity index (χ0n) is 13.1. The fourth-order valence-corrected chi connectivity index (χ4v) is 3.17. The minimum atomic E-state index is -2.54. The third-order valence-electron chi connectivity index (χ3n) is 4.83. The van der Waals surface area contributed by atoms with Crippen LogP contribution in [0, 0.1) is 12.8 Å². The van der Waals surface area contributed by atoms with Crippen molar-refractivity contribution < 1.29 is 8.78 Å². The molecule has 2 aromatic rings. The summed E-state index contributed by atoms with van der Waals surface area (Å²) in [5.74, 6) is -3.08. The van der Waals surface area contributed by atoms with E-state index in [0.29, 0.717) is 19.5 Å². The summed E-state index contributed by atoms with van der Waals surface area (Å²) in [6.07, 6.45) is 2.39. The number of aryl methyl sites for hydroxylation is 1. The molecule has 1 unspecified atom stereocenters. The van der Waals surface area contributed by atoms with Gasteiger partial charge in [-0.2, -0.15) is 0 Å². The molecule has 1 aliphatic rings. The Morgan fingerprint density at radius 3 is 2.73 bits per heavy atom. The standard InChI is InChI=1S/C18H22F2N2/c1-13-7-9-22(10-8-18(13,19)20)12-15-11-21-14(2)16-5-3-4-6-17(15)16/h3-6,11,13H,7-10,12H2,1-2H3. The van der Waals surface area contributed by atoms with E-state index in [0.717, 1.165) is 23.2 Å². The number of likely N-dealkylation sites (tertiary alicyclic amines) is 1. The summed E-state index contributed by atoms with van der Waals surface area (Å²) >= 11 is 0. The van der Waals surface area contributed by atoms with E-state index < -0.39 is 11.8 Å². The summed E-state index contributed by atoms with van der Waals surface area (Å²) in [4.78, 5) is 6.60. The number of rotatable bonds is 2. The Bertz CT molecular complexity index is 669. The quantitative estimate of drug-likeness (QED) is 0.817. The number of hydrogen-bond acceptors (Lipinski definition) is 2. The molecule has 0 spiro atoms. The van der Waals surface area contributed by atoms with Gasteiger partial charge in [0.2, 0.25) is 0 Å². The van der Waals surface area contributed by atoms with Crippen molar-refractivity contribution in [1.29, 1.82) is 0 Å². The van der Waals surface area contributed by atoms with Crippen LogP contribution in [0.2, 0.25) is 0 Å². The van der Waals surface area contributed by atoms with Crippen LogP contribution in [-0.4, -0.2) is 28.9 Å². The second-order valence-electron chi connectivity index (χ2n) is 6.39. The van der Waals surface area contributed by atoms with Crippen LogP contribution >= 0.6 is 0 Å². The first-order chi connectivity index (χ1) is 10.5. The van der Waals surface area contributed by atoms with E-state index in [1.807, 2.05) is 25.3 Å². The fourth-order valence-electron chi connectivity index (χ4n) is 3.17. The van der Waals surface area contributed by atoms with Gasteiger partial charge in [0.25, 0.3) is 5.92 Å². The van der Waals surface area contributed by atoms with Crippen LogP contribution in [0.1, 0.15) is 31.0 Å². The molecule has 118 valence electrons. The number of alkyl halides is 2. The Labute approximate surface area is 130 Å². The maximum atomic E-state index is 13.8. The van der Waals surface area contributed by atoms with Crippen molar-refractivity contribution in [2.75, 3.05) is 13.1 Å². The van der Waals surface area contributed by atoms with Crippen molar-refractivity contribution in [2.24, 2.45) is 5.92 Å². The first-order valence-corrected chi connectivity index (χ1v) is 7.91. The Hall–Kier alpha value is -1.55. The van der Waals surface area contributed by atoms with Gasteiger partial charge in [0, 0.05) is 42.7 Å². The van der Waals surface area contributed by atoms with E-state index in [4.69, 9.17) is 0 Å². The molecular weight excluding hydrogens is 282 g/mol. The highest BCUT2D eigenvalue weighted by Crippen LogP contribution is 2.34. The van der Waals surface area contributed by atoms with E-state index in [-0.39, 0.29) is 6.42 Å². The molecule has 0 N–H and O–H groups in total. The minimum Gasteiger partial charge on any atom is -0.299 e. The van der Waals surface area contributed by atoms with Crippen LogP contribution in [0.3, 0.4) is 0 Å². The highest BCUT2D eigenvalue weighted by atomic mass is 19.3. The van der Waals surface area contributed by atoms with Crippen molar-refractivity contribution in [3.05, 3.63) is 41.7 Å². The second kappa shape index (κ2) is 5.92. The Morgan fingerprint density at radius 1 is 1.23 bits per heavy atom. The van der Waals surface area contributed by atoms with Crippen LogP contribution in [0.25, 0.3) is 10.8 Å². The average molecular weight is 304 g/mol. The molecule has 0 bridgehead atoms. The van der Waals surface area contributed by atoms with Gasteiger partial charge in [-0.3, -0.25) is 9.88 Å². The van der Waals surface area contributed by atoms with Crippen molar-refractivity contribution >= 4 is 10.8 Å². The smallest absolute Gasteiger partial charge is 0.251 e. The molecule has 1 aromatic carbocycles. The van der Waals surface area contributed by atoms with Crippen molar-refractivity contribution in [3.8, 4) is 0 Å². The predicted octanol–water partition coefficient (Wildman–Crippen LogP) is 4.41. The molecule has 1 aromatic heterocycles. The molecule has 0 aliphatic carbocycles. The predicted molar refractivity (Wildman–Crippen MR) is 85.1 cm³/mol. The lowest BCUT2D eigenvalue weighted by Gasteiger charge is -2.21. The van der Waals surface area contributed by atoms with E-state index >= 15 is 0 Å². The lowest BCUT2D eigenvalue weighted by Crippen LogP contribution is -2.27. The maximum Gasteiger partial charge on any atom is 0.251 e. The summed E-state index contributed by atoms with van der Waals surface area (Å²) in [7, 11) is 0. The molecule has 0 saturated carbocycles. The van der Waals surface area contributed by atoms with Crippen molar-refractivity contribution in [1.82, 2.24) is 9.88 Å². The van der Waals surface area contributed by atoms with Crippen LogP contribution in [0.15, 0.2) is 30.5 Å². The zero-order valence-corrected chi connectivity index (χ0v) is 13.1. The minimum absolute atomic E-state index is 0.0502. The number of fused-ring (bicyclic) bond motifs is 1. The molecule has 3 rings (SSSR count). The van der Waals surface area contributed by atoms with Gasteiger partial charge < -0.3 is 0 Å². The number of aromatic nitrogens is 1. The van der Waals surface area contributed by atoms with Gasteiger partial charge in [-0.25, -0.2) is 8.78 Å². The Morgan fingerprint density at radius 2 is 1.95 bits per heavy atom. The molecule has 1 fully saturated rings. The molecule has 2 heterocycles. The number of nitrogens with zero attached hydrogens (tertiary/aromatic N) is 2. The van der Waals surface area contributed by atoms with Gasteiger partial charge in [-0.15, -0.1) is 0 Å². The summed E-state index contributed by atoms with van der Waals surface area (Å²) in [6, 6.07) is 8.19. The highest BCUT2D eigenvalue weighted by molar-refractivity contribution is 5.87. The topological polar surface area (TPSA) is 16.1 Å². The van der Waals surface area contributed by atoms with E-state index in [2.05, 4.69) is 22.0 Å². The molecule has 2 nitrogen and oxygen atoms in total. The zero-order chi connectivity index (χ0) is 15.7. The molecule has 1 aliphatic heterocycles. The lowest BCUT2D eigenvalue weighted by atomic mass is 9.99. The third kappa shape index (κ3) is 2.98. The van der Waals surface area contributed by atoms with Gasteiger partial charge in [-0.1, -0.05) is 31.2 Å². The monoisotopic (exact) mass is 304 g/mol. The van der Waals surface area contributed by atoms with Crippen LogP contribution in [0.4, 0.5) is 8.78 Å². The van der Waals surface area contributed by atoms with E-state index in [1.54, 1.807) is 6.92 Å². The number of benzene rings is 1. The van der Waals surface area contributed by atoms with Crippen molar-refractivity contribution in [3.63, 3.8) is 0 Å². The summed E-state index contributed by atoms with van der Waals surface area (Å²) in [5.41, 5.74) is 2.13. The first kappa shape index (κ1) is 15.3. The maximum absolute atomic E-state index is 13.8. The largest absolute Gasteiger partial charge is 0.299 e. The fraction of sp³-hybridized carbons (Fsp3) is 0.500. The Balaban J connectivity index is 1.83. The van der Waals surface area contributed by atoms with E-state index in [9.17, 15) is 8.78 Å². The van der Waals surface area contributed by atoms with Crippen LogP contribution < -0.4 is 0 Å². The molecule has 22 heavy (non-hydrogen) atoms. The number of halogens is 2. The highest BCUT2D eigenvalue weighted by Gasteiger charge is 2.38. The molecule has 0 amide bonds. The van der Waals surface area contributed by atoms with Crippen molar-refractivity contribution in [2.45, 2.75) is 39.2 Å². The molecule has 1 saturated heterocycles.